The van der Waals surface area contributed by atoms with Crippen molar-refractivity contribution in [2.24, 2.45) is 5.92 Å². The fraction of sp³-hybridized carbons (Fsp3) is 0.412. The van der Waals surface area contributed by atoms with Crippen molar-refractivity contribution >= 4 is 11.7 Å². The van der Waals surface area contributed by atoms with Gasteiger partial charge < -0.3 is 19.7 Å². The highest BCUT2D eigenvalue weighted by Crippen LogP contribution is 2.22. The third-order valence-electron chi connectivity index (χ3n) is 4.32. The third-order valence-corrected chi connectivity index (χ3v) is 4.32. The number of urea groups is 1. The van der Waals surface area contributed by atoms with Crippen LogP contribution in [0.25, 0.3) is 11.5 Å². The smallest absolute Gasteiger partial charge is 0.321 e. The lowest BCUT2D eigenvalue weighted by Crippen LogP contribution is -2.42. The summed E-state index contributed by atoms with van der Waals surface area (Å²) in [7, 11) is 0. The number of oxazole rings is 1. The molecule has 1 saturated heterocycles. The molecule has 2 N–H and O–H groups in total. The Hall–Kier alpha value is -2.34. The van der Waals surface area contributed by atoms with Gasteiger partial charge in [-0.05, 0) is 49.9 Å². The van der Waals surface area contributed by atoms with E-state index >= 15 is 0 Å². The topological polar surface area (TPSA) is 78.6 Å². The number of nitrogens with one attached hydrogen (secondary N) is 1. The zero-order chi connectivity index (χ0) is 16.2. The number of hydrogen-bond acceptors (Lipinski definition) is 4. The molecule has 1 aromatic carbocycles. The molecule has 23 heavy (non-hydrogen) atoms. The van der Waals surface area contributed by atoms with E-state index in [4.69, 9.17) is 4.42 Å². The molecule has 1 fully saturated rings. The summed E-state index contributed by atoms with van der Waals surface area (Å²) >= 11 is 0. The highest BCUT2D eigenvalue weighted by molar-refractivity contribution is 5.89. The van der Waals surface area contributed by atoms with Crippen LogP contribution in [0.5, 0.6) is 0 Å². The monoisotopic (exact) mass is 315 g/mol. The van der Waals surface area contributed by atoms with Crippen LogP contribution in [-0.2, 0) is 0 Å². The second kappa shape index (κ2) is 6.83. The van der Waals surface area contributed by atoms with E-state index in [0.717, 1.165) is 24.1 Å². The van der Waals surface area contributed by atoms with Crippen molar-refractivity contribution in [2.75, 3.05) is 18.4 Å². The highest BCUT2D eigenvalue weighted by atomic mass is 16.3. The Balaban J connectivity index is 1.56. The highest BCUT2D eigenvalue weighted by Gasteiger charge is 2.25. The largest absolute Gasteiger partial charge is 0.445 e. The molecule has 3 rings (SSSR count). The summed E-state index contributed by atoms with van der Waals surface area (Å²) in [5, 5.41) is 12.5. The average Bonchev–Trinajstić information content (AvgIpc) is 3.10. The molecule has 6 heteroatoms. The Labute approximate surface area is 135 Å². The third kappa shape index (κ3) is 3.71. The molecule has 0 aliphatic carbocycles. The van der Waals surface area contributed by atoms with Crippen LogP contribution < -0.4 is 5.32 Å². The molecule has 0 saturated carbocycles. The first-order valence-corrected chi connectivity index (χ1v) is 7.87. The summed E-state index contributed by atoms with van der Waals surface area (Å²) in [4.78, 5) is 18.2. The summed E-state index contributed by atoms with van der Waals surface area (Å²) < 4.78 is 5.24. The average molecular weight is 315 g/mol. The van der Waals surface area contributed by atoms with Gasteiger partial charge in [0.2, 0.25) is 5.89 Å². The van der Waals surface area contributed by atoms with Crippen molar-refractivity contribution in [3.05, 3.63) is 36.7 Å². The Kier molecular flexibility index (Phi) is 4.62. The van der Waals surface area contributed by atoms with Crippen molar-refractivity contribution in [3.63, 3.8) is 0 Å². The number of nitrogens with zero attached hydrogens (tertiary/aromatic N) is 2. The summed E-state index contributed by atoms with van der Waals surface area (Å²) in [6.07, 6.45) is 4.51. The first-order chi connectivity index (χ1) is 11.1. The summed E-state index contributed by atoms with van der Waals surface area (Å²) in [6, 6.07) is 7.29. The predicted octanol–water partition coefficient (Wildman–Crippen LogP) is 2.97. The molecule has 2 aromatic rings. The van der Waals surface area contributed by atoms with Gasteiger partial charge in [0.1, 0.15) is 6.26 Å². The van der Waals surface area contributed by atoms with Gasteiger partial charge in [-0.2, -0.15) is 0 Å². The molecular formula is C17H21N3O3. The molecule has 6 nitrogen and oxygen atoms in total. The van der Waals surface area contributed by atoms with Crippen LogP contribution >= 0.6 is 0 Å². The van der Waals surface area contributed by atoms with Gasteiger partial charge in [0.05, 0.1) is 12.3 Å². The van der Waals surface area contributed by atoms with Crippen LogP contribution in [-0.4, -0.2) is 40.2 Å². The van der Waals surface area contributed by atoms with Gasteiger partial charge in [-0.25, -0.2) is 9.78 Å². The number of carbonyl (C=O) groups excluding carboxylic acids is 1. The minimum absolute atomic E-state index is 0.0992. The van der Waals surface area contributed by atoms with Gasteiger partial charge >= 0.3 is 6.03 Å². The van der Waals surface area contributed by atoms with Crippen LogP contribution in [0.2, 0.25) is 0 Å². The normalized spacial score (nSPS) is 17.0. The Morgan fingerprint density at radius 2 is 2.04 bits per heavy atom. The minimum Gasteiger partial charge on any atom is -0.445 e. The number of likely N-dealkylation sites (tertiary alicyclic amines) is 1. The number of aliphatic hydroxyl groups excluding tert-OH is 1. The van der Waals surface area contributed by atoms with E-state index in [1.807, 2.05) is 31.2 Å². The van der Waals surface area contributed by atoms with Crippen molar-refractivity contribution in [2.45, 2.75) is 25.9 Å². The van der Waals surface area contributed by atoms with Gasteiger partial charge in [-0.15, -0.1) is 0 Å². The maximum absolute atomic E-state index is 12.3. The molecule has 1 unspecified atom stereocenters. The quantitative estimate of drug-likeness (QED) is 0.912. The second-order valence-electron chi connectivity index (χ2n) is 5.91. The summed E-state index contributed by atoms with van der Waals surface area (Å²) in [5.41, 5.74) is 1.61. The van der Waals surface area contributed by atoms with Crippen molar-refractivity contribution in [1.82, 2.24) is 9.88 Å². The van der Waals surface area contributed by atoms with Crippen LogP contribution in [0.3, 0.4) is 0 Å². The number of carbonyl (C=O) groups is 1. The van der Waals surface area contributed by atoms with Gasteiger partial charge in [0.15, 0.2) is 0 Å². The molecule has 1 aliphatic rings. The van der Waals surface area contributed by atoms with Crippen LogP contribution in [0.4, 0.5) is 10.5 Å². The number of anilines is 1. The van der Waals surface area contributed by atoms with Gasteiger partial charge in [0, 0.05) is 24.3 Å². The van der Waals surface area contributed by atoms with Crippen LogP contribution in [0.15, 0.2) is 41.1 Å². The number of hydrogen-bond donors (Lipinski definition) is 2. The fourth-order valence-corrected chi connectivity index (χ4v) is 2.85. The zero-order valence-electron chi connectivity index (χ0n) is 13.1. The maximum Gasteiger partial charge on any atom is 0.321 e. The van der Waals surface area contributed by atoms with Gasteiger partial charge in [-0.1, -0.05) is 0 Å². The molecular weight excluding hydrogens is 294 g/mol. The van der Waals surface area contributed by atoms with Crippen LogP contribution in [0, 0.1) is 5.92 Å². The lowest BCUT2D eigenvalue weighted by molar-refractivity contribution is 0.0820. The maximum atomic E-state index is 12.3. The van der Waals surface area contributed by atoms with Gasteiger partial charge in [0.25, 0.3) is 0 Å². The molecule has 1 atom stereocenters. The molecule has 122 valence electrons. The molecule has 2 heterocycles. The standard InChI is InChI=1S/C17H21N3O3/c1-12(21)13-6-9-20(10-7-13)17(22)19-15-4-2-14(3-5-15)16-18-8-11-23-16/h2-5,8,11-13,21H,6-7,9-10H2,1H3,(H,19,22). The van der Waals surface area contributed by atoms with Crippen molar-refractivity contribution < 1.29 is 14.3 Å². The fourth-order valence-electron chi connectivity index (χ4n) is 2.85. The Morgan fingerprint density at radius 3 is 2.61 bits per heavy atom. The van der Waals surface area contributed by atoms with E-state index in [9.17, 15) is 9.90 Å². The van der Waals surface area contributed by atoms with E-state index in [0.29, 0.717) is 24.9 Å². The van der Waals surface area contributed by atoms with E-state index in [2.05, 4.69) is 10.3 Å². The number of aliphatic hydroxyl groups is 1. The predicted molar refractivity (Wildman–Crippen MR) is 86.9 cm³/mol. The van der Waals surface area contributed by atoms with Crippen molar-refractivity contribution in [1.29, 1.82) is 0 Å². The molecule has 1 aliphatic heterocycles. The lowest BCUT2D eigenvalue weighted by atomic mass is 9.92. The number of piperidine rings is 1. The minimum atomic E-state index is -0.303. The Morgan fingerprint density at radius 1 is 1.35 bits per heavy atom. The summed E-state index contributed by atoms with van der Waals surface area (Å²) in [6.45, 7) is 3.17. The molecule has 0 bridgehead atoms. The van der Waals surface area contributed by atoms with E-state index < -0.39 is 0 Å². The number of amides is 2. The van der Waals surface area contributed by atoms with Crippen molar-refractivity contribution in [3.8, 4) is 11.5 Å². The lowest BCUT2D eigenvalue weighted by Gasteiger charge is -2.33. The van der Waals surface area contributed by atoms with E-state index in [-0.39, 0.29) is 12.1 Å². The molecule has 2 amide bonds. The van der Waals surface area contributed by atoms with Gasteiger partial charge in [-0.3, -0.25) is 0 Å². The molecule has 1 aromatic heterocycles. The molecule has 0 radical (unpaired) electrons. The first kappa shape index (κ1) is 15.6. The zero-order valence-corrected chi connectivity index (χ0v) is 13.1. The number of rotatable bonds is 3. The Bertz CT molecular complexity index is 630. The molecule has 0 spiro atoms. The number of aromatic nitrogens is 1. The van der Waals surface area contributed by atoms with Crippen LogP contribution in [0.1, 0.15) is 19.8 Å². The first-order valence-electron chi connectivity index (χ1n) is 7.87. The SMILES string of the molecule is CC(O)C1CCN(C(=O)Nc2ccc(-c3ncco3)cc2)CC1. The number of benzene rings is 1. The second-order valence-corrected chi connectivity index (χ2v) is 5.91. The van der Waals surface area contributed by atoms with E-state index in [1.165, 1.54) is 6.26 Å². The summed E-state index contributed by atoms with van der Waals surface area (Å²) in [5.74, 6) is 0.849. The van der Waals surface area contributed by atoms with E-state index in [1.54, 1.807) is 11.1 Å².